The lowest BCUT2D eigenvalue weighted by molar-refractivity contribution is 0.356. The summed E-state index contributed by atoms with van der Waals surface area (Å²) in [6.45, 7) is 2.26. The number of hydrogen-bond acceptors (Lipinski definition) is 5. The molecule has 2 aliphatic rings. The molecule has 0 spiro atoms. The lowest BCUT2D eigenvalue weighted by Gasteiger charge is -2.17. The first-order chi connectivity index (χ1) is 23.7. The monoisotopic (exact) mass is 804 g/mol. The number of fused-ring (bicyclic) bond motifs is 2. The Morgan fingerprint density at radius 1 is 0.640 bits per heavy atom. The first-order valence-corrected chi connectivity index (χ1v) is 18.6. The molecule has 2 aliphatic heterocycles. The molecule has 0 bridgehead atoms. The van der Waals surface area contributed by atoms with Crippen molar-refractivity contribution < 1.29 is 17.2 Å². The minimum Gasteiger partial charge on any atom is -0.398 e. The fraction of sp³-hybridized carbons (Fsp3) is 0.250. The van der Waals surface area contributed by atoms with Gasteiger partial charge < -0.3 is 5.73 Å². The van der Waals surface area contributed by atoms with Gasteiger partial charge in [0.25, 0.3) is 21.1 Å². The highest BCUT2D eigenvalue weighted by atomic mass is 35.5. The molecule has 0 saturated carbocycles. The number of nitrogens with two attached hydrogens (primary N) is 1. The van der Waals surface area contributed by atoms with Crippen LogP contribution in [-0.2, 0) is 36.2 Å². The third-order valence-electron chi connectivity index (χ3n) is 8.37. The van der Waals surface area contributed by atoms with Gasteiger partial charge >= 0.3 is 0 Å². The molecule has 3 N–H and O–H groups in total. The maximum absolute atomic E-state index is 14.7. The van der Waals surface area contributed by atoms with Gasteiger partial charge in [-0.25, -0.2) is 26.6 Å². The van der Waals surface area contributed by atoms with Gasteiger partial charge in [-0.3, -0.25) is 23.7 Å². The molecule has 0 fully saturated rings. The Morgan fingerprint density at radius 2 is 1.08 bits per heavy atom. The molecule has 5 aromatic rings. The first-order valence-electron chi connectivity index (χ1n) is 15.2. The highest BCUT2D eigenvalue weighted by molar-refractivity contribution is 7.92. The number of sulfonamides is 1. The van der Waals surface area contributed by atoms with E-state index in [1.807, 2.05) is 0 Å². The third-order valence-corrected chi connectivity index (χ3v) is 11.4. The summed E-state index contributed by atoms with van der Waals surface area (Å²) in [5.74, 6) is -1.39. The van der Waals surface area contributed by atoms with Crippen LogP contribution in [0, 0.1) is 11.6 Å². The molecule has 50 heavy (non-hydrogen) atoms. The maximum Gasteiger partial charge on any atom is 0.276 e. The Bertz CT molecular complexity index is 2370. The van der Waals surface area contributed by atoms with Gasteiger partial charge in [0.1, 0.15) is 21.9 Å². The van der Waals surface area contributed by atoms with Crippen molar-refractivity contribution in [2.45, 2.75) is 56.8 Å². The van der Waals surface area contributed by atoms with Gasteiger partial charge in [0, 0.05) is 42.3 Å². The normalized spacial score (nSPS) is 14.1. The third kappa shape index (κ3) is 6.79. The molecule has 0 unspecified atom stereocenters. The second kappa shape index (κ2) is 14.3. The maximum atomic E-state index is 14.7. The number of nitrogens with one attached hydrogen (secondary N) is 1. The molecule has 0 amide bonds. The molecular formula is C32H27Cl5F2N6O4S. The molecule has 3 aromatic carbocycles. The second-order valence-corrected chi connectivity index (χ2v) is 15.2. The molecule has 7 rings (SSSR count). The Hall–Kier alpha value is -3.46. The minimum absolute atomic E-state index is 0.0281. The predicted octanol–water partition coefficient (Wildman–Crippen LogP) is 8.15. The van der Waals surface area contributed by atoms with E-state index < -0.39 is 27.2 Å². The highest BCUT2D eigenvalue weighted by Gasteiger charge is 2.27. The summed E-state index contributed by atoms with van der Waals surface area (Å²) in [6.07, 6.45) is 3.51. The van der Waals surface area contributed by atoms with Gasteiger partial charge in [0.15, 0.2) is 0 Å². The predicted molar refractivity (Wildman–Crippen MR) is 193 cm³/mol. The fourth-order valence-electron chi connectivity index (χ4n) is 5.90. The Morgan fingerprint density at radius 3 is 1.56 bits per heavy atom. The number of hydrogen-bond donors (Lipinski definition) is 2. The van der Waals surface area contributed by atoms with Crippen LogP contribution in [-0.4, -0.2) is 27.1 Å². The van der Waals surface area contributed by atoms with Crippen LogP contribution in [0.15, 0.2) is 63.0 Å². The van der Waals surface area contributed by atoms with Crippen molar-refractivity contribution in [3.05, 3.63) is 106 Å². The number of aromatic nitrogens is 4. The number of benzene rings is 3. The number of nitrogen functional groups attached to an aromatic ring is 1. The summed E-state index contributed by atoms with van der Waals surface area (Å²) in [4.78, 5) is 25.2. The largest absolute Gasteiger partial charge is 0.398 e. The highest BCUT2D eigenvalue weighted by Crippen LogP contribution is 2.36. The van der Waals surface area contributed by atoms with Crippen molar-refractivity contribution in [2.75, 3.05) is 10.5 Å². The van der Waals surface area contributed by atoms with Crippen molar-refractivity contribution in [2.24, 2.45) is 0 Å². The van der Waals surface area contributed by atoms with E-state index in [0.29, 0.717) is 31.2 Å². The van der Waals surface area contributed by atoms with Crippen molar-refractivity contribution in [1.82, 2.24) is 18.7 Å². The molecule has 18 heteroatoms. The van der Waals surface area contributed by atoms with Crippen LogP contribution in [0.3, 0.4) is 0 Å². The van der Waals surface area contributed by atoms with E-state index in [1.165, 1.54) is 41.1 Å². The van der Waals surface area contributed by atoms with Gasteiger partial charge in [-0.05, 0) is 74.2 Å². The average Bonchev–Trinajstić information content (AvgIpc) is 3.48. The van der Waals surface area contributed by atoms with Crippen LogP contribution in [0.25, 0.3) is 22.3 Å². The lowest BCUT2D eigenvalue weighted by Crippen LogP contribution is -2.27. The summed E-state index contributed by atoms with van der Waals surface area (Å²) >= 11 is 30.3. The van der Waals surface area contributed by atoms with Gasteiger partial charge in [-0.2, -0.15) is 0 Å². The summed E-state index contributed by atoms with van der Waals surface area (Å²) < 4.78 is 62.8. The number of nitrogens with zero attached hydrogens (tertiary/aromatic N) is 4. The second-order valence-electron chi connectivity index (χ2n) is 11.6. The summed E-state index contributed by atoms with van der Waals surface area (Å²) in [6, 6.07) is 10.1. The summed E-state index contributed by atoms with van der Waals surface area (Å²) in [7, 11) is -4.02. The number of halogens is 7. The Labute approximate surface area is 309 Å². The smallest absolute Gasteiger partial charge is 0.276 e. The Kier molecular flexibility index (Phi) is 10.4. The average molecular weight is 807 g/mol. The van der Waals surface area contributed by atoms with Crippen molar-refractivity contribution in [3.63, 3.8) is 0 Å². The van der Waals surface area contributed by atoms with Crippen molar-refractivity contribution in [3.8, 4) is 22.3 Å². The molecule has 4 heterocycles. The van der Waals surface area contributed by atoms with Crippen LogP contribution in [0.2, 0.25) is 25.4 Å². The number of anilines is 2. The van der Waals surface area contributed by atoms with Crippen LogP contribution < -0.4 is 21.6 Å². The zero-order chi connectivity index (χ0) is 36.1. The minimum atomic E-state index is -4.02. The summed E-state index contributed by atoms with van der Waals surface area (Å²) in [5.41, 5.74) is 5.18. The first kappa shape index (κ1) is 36.3. The van der Waals surface area contributed by atoms with Crippen LogP contribution >= 0.6 is 58.0 Å². The quantitative estimate of drug-likeness (QED) is 0.174. The molecule has 0 atom stereocenters. The molecular weight excluding hydrogens is 780 g/mol. The molecule has 10 nitrogen and oxygen atoms in total. The van der Waals surface area contributed by atoms with E-state index in [9.17, 15) is 26.8 Å². The summed E-state index contributed by atoms with van der Waals surface area (Å²) in [5, 5.41) is 0.687. The standard InChI is InChI=1S/C19H15Cl3FN3O3S.C13H12Cl2FN3O/c20-11-3-5-12(6-4-11)30(28,29)24-16-9-13(15(23)10-14(16)21)17-18(22)25-7-1-2-8-26(25)19(17)27;14-8-6-9(16)7(5-10(8)17)11-12(15)18-3-1-2-4-19(18)13(11)20/h3-6,9-10,24H,1-2,7-8H2;5-6H,1-4,17H2. The van der Waals surface area contributed by atoms with E-state index in [2.05, 4.69) is 4.72 Å². The van der Waals surface area contributed by atoms with Crippen LogP contribution in [0.5, 0.6) is 0 Å². The van der Waals surface area contributed by atoms with E-state index in [1.54, 1.807) is 14.0 Å². The lowest BCUT2D eigenvalue weighted by atomic mass is 10.1. The fourth-order valence-corrected chi connectivity index (χ4v) is 8.22. The SMILES string of the molecule is Nc1cc(-c2c(Cl)n3n(c2=O)CCCC3)c(F)cc1Cl.O=c1c(-c2cc(NS(=O)(=O)c3ccc(Cl)cc3)c(Cl)cc2F)c(Cl)n2n1CCCC2. The van der Waals surface area contributed by atoms with Gasteiger partial charge in [-0.15, -0.1) is 0 Å². The van der Waals surface area contributed by atoms with Crippen LogP contribution in [0.4, 0.5) is 20.2 Å². The molecule has 2 aromatic heterocycles. The van der Waals surface area contributed by atoms with E-state index in [4.69, 9.17) is 63.7 Å². The van der Waals surface area contributed by atoms with Crippen molar-refractivity contribution >= 4 is 79.4 Å². The van der Waals surface area contributed by atoms with Gasteiger partial charge in [0.2, 0.25) is 0 Å². The van der Waals surface area contributed by atoms with E-state index in [0.717, 1.165) is 37.8 Å². The molecule has 264 valence electrons. The van der Waals surface area contributed by atoms with E-state index >= 15 is 0 Å². The molecule has 0 aliphatic carbocycles. The Balaban J connectivity index is 0.000000187. The van der Waals surface area contributed by atoms with Crippen molar-refractivity contribution in [1.29, 1.82) is 0 Å². The zero-order valence-electron chi connectivity index (χ0n) is 25.8. The zero-order valence-corrected chi connectivity index (χ0v) is 30.4. The van der Waals surface area contributed by atoms with Gasteiger partial charge in [0.05, 0.1) is 37.4 Å². The van der Waals surface area contributed by atoms with Crippen LogP contribution in [0.1, 0.15) is 25.7 Å². The molecule has 0 radical (unpaired) electrons. The molecule has 0 saturated heterocycles. The topological polar surface area (TPSA) is 126 Å². The van der Waals surface area contributed by atoms with E-state index in [-0.39, 0.29) is 64.4 Å². The van der Waals surface area contributed by atoms with Gasteiger partial charge in [-0.1, -0.05) is 58.0 Å². The number of rotatable bonds is 5.